The van der Waals surface area contributed by atoms with Crippen molar-refractivity contribution in [3.63, 3.8) is 0 Å². The number of carbonyl (C=O) groups is 2. The molecule has 0 saturated carbocycles. The number of hydrogen-bond acceptors (Lipinski definition) is 5. The Kier molecular flexibility index (Phi) is 3.78. The third-order valence-electron chi connectivity index (χ3n) is 3.25. The molecule has 116 valence electrons. The molecule has 1 aliphatic heterocycles. The van der Waals surface area contributed by atoms with Crippen LogP contribution in [0.3, 0.4) is 0 Å². The van der Waals surface area contributed by atoms with Crippen LogP contribution in [-0.2, 0) is 4.79 Å². The van der Waals surface area contributed by atoms with E-state index >= 15 is 0 Å². The molecule has 1 unspecified atom stereocenters. The van der Waals surface area contributed by atoms with Gasteiger partial charge in [-0.15, -0.1) is 10.2 Å². The zero-order valence-electron chi connectivity index (χ0n) is 10.8. The number of alkyl halides is 3. The van der Waals surface area contributed by atoms with Crippen molar-refractivity contribution in [3.05, 3.63) is 5.01 Å². The van der Waals surface area contributed by atoms with Crippen LogP contribution >= 0.6 is 11.3 Å². The van der Waals surface area contributed by atoms with E-state index in [4.69, 9.17) is 5.11 Å². The molecule has 1 fully saturated rings. The quantitative estimate of drug-likeness (QED) is 0.863. The molecule has 1 saturated heterocycles. The SMILES string of the molecule is Cc1nnc(NC(=O)N2CCC(C(=O)O)(C(F)(F)F)C2)s1. The van der Waals surface area contributed by atoms with E-state index in [1.807, 2.05) is 0 Å². The van der Waals surface area contributed by atoms with E-state index in [0.29, 0.717) is 5.01 Å². The lowest BCUT2D eigenvalue weighted by atomic mass is 9.86. The predicted molar refractivity (Wildman–Crippen MR) is 66.0 cm³/mol. The third-order valence-corrected chi connectivity index (χ3v) is 4.00. The number of amides is 2. The van der Waals surface area contributed by atoms with Gasteiger partial charge in [-0.05, 0) is 13.3 Å². The fraction of sp³-hybridized carbons (Fsp3) is 0.600. The van der Waals surface area contributed by atoms with Crippen LogP contribution in [0.25, 0.3) is 0 Å². The van der Waals surface area contributed by atoms with Gasteiger partial charge in [-0.25, -0.2) is 4.79 Å². The number of hydrogen-bond donors (Lipinski definition) is 2. The lowest BCUT2D eigenvalue weighted by Crippen LogP contribution is -2.48. The van der Waals surface area contributed by atoms with Crippen molar-refractivity contribution in [1.29, 1.82) is 0 Å². The van der Waals surface area contributed by atoms with Crippen molar-refractivity contribution in [2.75, 3.05) is 18.4 Å². The molecule has 1 atom stereocenters. The minimum absolute atomic E-state index is 0.150. The number of aliphatic carboxylic acids is 1. The zero-order valence-corrected chi connectivity index (χ0v) is 11.6. The summed E-state index contributed by atoms with van der Waals surface area (Å²) in [7, 11) is 0. The summed E-state index contributed by atoms with van der Waals surface area (Å²) in [6.07, 6.45) is -5.60. The maximum atomic E-state index is 13.0. The molecule has 2 amide bonds. The van der Waals surface area contributed by atoms with Gasteiger partial charge in [0.15, 0.2) is 5.41 Å². The normalized spacial score (nSPS) is 22.4. The summed E-state index contributed by atoms with van der Waals surface area (Å²) in [5, 5.41) is 19.2. The van der Waals surface area contributed by atoms with Crippen molar-refractivity contribution in [1.82, 2.24) is 15.1 Å². The Balaban J connectivity index is 2.10. The summed E-state index contributed by atoms with van der Waals surface area (Å²) in [6, 6.07) is -0.821. The van der Waals surface area contributed by atoms with Gasteiger partial charge in [0.05, 0.1) is 0 Å². The van der Waals surface area contributed by atoms with Crippen LogP contribution in [0, 0.1) is 12.3 Å². The summed E-state index contributed by atoms with van der Waals surface area (Å²) in [6.45, 7) is 0.438. The number of aromatic nitrogens is 2. The molecule has 2 N–H and O–H groups in total. The molecule has 21 heavy (non-hydrogen) atoms. The van der Waals surface area contributed by atoms with Crippen LogP contribution in [0.1, 0.15) is 11.4 Å². The molecule has 0 aromatic carbocycles. The average molecular weight is 324 g/mol. The number of likely N-dealkylation sites (tertiary alicyclic amines) is 1. The number of urea groups is 1. The third kappa shape index (κ3) is 2.77. The van der Waals surface area contributed by atoms with Gasteiger partial charge in [0.2, 0.25) is 5.13 Å². The van der Waals surface area contributed by atoms with Gasteiger partial charge in [-0.3, -0.25) is 10.1 Å². The molecule has 11 heteroatoms. The molecule has 1 aliphatic rings. The van der Waals surface area contributed by atoms with Crippen molar-refractivity contribution in [2.45, 2.75) is 19.5 Å². The van der Waals surface area contributed by atoms with Crippen LogP contribution in [0.4, 0.5) is 23.1 Å². The number of anilines is 1. The zero-order chi connectivity index (χ0) is 15.8. The second-order valence-electron chi connectivity index (χ2n) is 4.61. The minimum atomic E-state index is -4.92. The molecular weight excluding hydrogens is 313 g/mol. The standard InChI is InChI=1S/C10H11F3N4O3S/c1-5-15-16-7(21-5)14-8(20)17-3-2-9(4-17,6(18)19)10(11,12)13/h2-4H2,1H3,(H,18,19)(H,14,16,20). The van der Waals surface area contributed by atoms with Crippen LogP contribution in [-0.4, -0.2) is 51.5 Å². The number of rotatable bonds is 2. The van der Waals surface area contributed by atoms with Crippen LogP contribution < -0.4 is 5.32 Å². The highest BCUT2D eigenvalue weighted by molar-refractivity contribution is 7.15. The molecule has 7 nitrogen and oxygen atoms in total. The fourth-order valence-electron chi connectivity index (χ4n) is 2.03. The molecule has 0 bridgehead atoms. The van der Waals surface area contributed by atoms with Crippen molar-refractivity contribution < 1.29 is 27.9 Å². The Bertz CT molecular complexity index is 576. The summed E-state index contributed by atoms with van der Waals surface area (Å²) >= 11 is 1.07. The first-order valence-electron chi connectivity index (χ1n) is 5.82. The Morgan fingerprint density at radius 2 is 2.10 bits per heavy atom. The van der Waals surface area contributed by atoms with E-state index in [-0.39, 0.29) is 11.7 Å². The Labute approximate surface area is 120 Å². The van der Waals surface area contributed by atoms with Gasteiger partial charge in [-0.2, -0.15) is 13.2 Å². The monoisotopic (exact) mass is 324 g/mol. The first-order valence-corrected chi connectivity index (χ1v) is 6.63. The maximum Gasteiger partial charge on any atom is 0.406 e. The van der Waals surface area contributed by atoms with Gasteiger partial charge in [0.25, 0.3) is 0 Å². The largest absolute Gasteiger partial charge is 0.481 e. The van der Waals surface area contributed by atoms with E-state index in [1.54, 1.807) is 6.92 Å². The van der Waals surface area contributed by atoms with E-state index in [2.05, 4.69) is 15.5 Å². The Morgan fingerprint density at radius 1 is 1.43 bits per heavy atom. The molecule has 0 radical (unpaired) electrons. The van der Waals surface area contributed by atoms with Gasteiger partial charge < -0.3 is 10.0 Å². The van der Waals surface area contributed by atoms with Gasteiger partial charge in [0, 0.05) is 13.1 Å². The predicted octanol–water partition coefficient (Wildman–Crippen LogP) is 1.72. The summed E-state index contributed by atoms with van der Waals surface area (Å²) in [5.74, 6) is -1.97. The van der Waals surface area contributed by atoms with Gasteiger partial charge >= 0.3 is 18.2 Å². The number of aryl methyl sites for hydroxylation is 1. The number of carboxylic acids is 1. The highest BCUT2D eigenvalue weighted by atomic mass is 32.1. The first-order chi connectivity index (χ1) is 9.65. The number of carboxylic acid groups (broad SMARTS) is 1. The lowest BCUT2D eigenvalue weighted by Gasteiger charge is -2.27. The molecule has 2 rings (SSSR count). The number of nitrogens with zero attached hydrogens (tertiary/aromatic N) is 3. The second-order valence-corrected chi connectivity index (χ2v) is 5.79. The average Bonchev–Trinajstić information content (AvgIpc) is 2.95. The van der Waals surface area contributed by atoms with E-state index in [9.17, 15) is 22.8 Å². The first kappa shape index (κ1) is 15.5. The second kappa shape index (κ2) is 5.13. The highest BCUT2D eigenvalue weighted by Crippen LogP contribution is 2.45. The Hall–Kier alpha value is -1.91. The van der Waals surface area contributed by atoms with E-state index < -0.39 is 36.6 Å². The minimum Gasteiger partial charge on any atom is -0.481 e. The van der Waals surface area contributed by atoms with Gasteiger partial charge in [0.1, 0.15) is 5.01 Å². The number of nitrogens with one attached hydrogen (secondary N) is 1. The van der Waals surface area contributed by atoms with Crippen molar-refractivity contribution in [2.24, 2.45) is 5.41 Å². The lowest BCUT2D eigenvalue weighted by molar-refractivity contribution is -0.226. The van der Waals surface area contributed by atoms with E-state index in [1.165, 1.54) is 0 Å². The molecule has 1 aromatic rings. The van der Waals surface area contributed by atoms with Crippen molar-refractivity contribution in [3.8, 4) is 0 Å². The van der Waals surface area contributed by atoms with Crippen LogP contribution in [0.5, 0.6) is 0 Å². The molecular formula is C10H11F3N4O3S. The topological polar surface area (TPSA) is 95.4 Å². The smallest absolute Gasteiger partial charge is 0.406 e. The maximum absolute atomic E-state index is 13.0. The number of carbonyl (C=O) groups excluding carboxylic acids is 1. The van der Waals surface area contributed by atoms with Gasteiger partial charge in [-0.1, -0.05) is 11.3 Å². The van der Waals surface area contributed by atoms with Crippen LogP contribution in [0.2, 0.25) is 0 Å². The summed E-state index contributed by atoms with van der Waals surface area (Å²) in [4.78, 5) is 23.7. The van der Waals surface area contributed by atoms with E-state index in [0.717, 1.165) is 16.2 Å². The van der Waals surface area contributed by atoms with Crippen LogP contribution in [0.15, 0.2) is 0 Å². The number of halogens is 3. The highest BCUT2D eigenvalue weighted by Gasteiger charge is 2.64. The molecule has 2 heterocycles. The molecule has 0 spiro atoms. The molecule has 0 aliphatic carbocycles. The molecule has 1 aromatic heterocycles. The summed E-state index contributed by atoms with van der Waals surface area (Å²) < 4.78 is 38.9. The fourth-order valence-corrected chi connectivity index (χ4v) is 2.61. The Morgan fingerprint density at radius 3 is 2.52 bits per heavy atom. The van der Waals surface area contributed by atoms with Crippen molar-refractivity contribution >= 4 is 28.5 Å². The summed E-state index contributed by atoms with van der Waals surface area (Å²) in [5.41, 5.74) is -2.92.